The smallest absolute Gasteiger partial charge is 0.251 e. The molecule has 1 saturated heterocycles. The molecule has 1 N–H and O–H groups in total. The van der Waals surface area contributed by atoms with E-state index in [9.17, 15) is 9.59 Å². The molecule has 1 aromatic rings. The Labute approximate surface area is 150 Å². The van der Waals surface area contributed by atoms with Crippen LogP contribution < -0.4 is 10.2 Å². The quantitative estimate of drug-likeness (QED) is 0.907. The number of fused-ring (bicyclic) bond motifs is 2. The Balaban J connectivity index is 1.38. The van der Waals surface area contributed by atoms with E-state index in [0.29, 0.717) is 17.9 Å². The molecule has 4 heteroatoms. The number of piperidine rings is 1. The molecule has 1 heterocycles. The molecule has 3 aliphatic rings. The van der Waals surface area contributed by atoms with Gasteiger partial charge in [0.15, 0.2) is 0 Å². The minimum atomic E-state index is 0.00629. The van der Waals surface area contributed by atoms with Crippen molar-refractivity contribution in [2.24, 2.45) is 17.8 Å². The van der Waals surface area contributed by atoms with Crippen molar-refractivity contribution in [3.05, 3.63) is 29.8 Å². The molecule has 2 saturated carbocycles. The molecule has 25 heavy (non-hydrogen) atoms. The number of hydrogen-bond acceptors (Lipinski definition) is 2. The Morgan fingerprint density at radius 2 is 1.96 bits per heavy atom. The van der Waals surface area contributed by atoms with Crippen LogP contribution in [-0.4, -0.2) is 24.4 Å². The summed E-state index contributed by atoms with van der Waals surface area (Å²) in [6.45, 7) is 2.94. The highest BCUT2D eigenvalue weighted by Crippen LogP contribution is 2.49. The molecular weight excluding hydrogens is 312 g/mol. The lowest BCUT2D eigenvalue weighted by Crippen LogP contribution is -2.40. The highest BCUT2D eigenvalue weighted by Gasteiger charge is 2.42. The van der Waals surface area contributed by atoms with Gasteiger partial charge < -0.3 is 10.2 Å². The Kier molecular flexibility index (Phi) is 4.53. The number of nitrogens with one attached hydrogen (secondary N) is 1. The molecule has 0 unspecified atom stereocenters. The zero-order valence-corrected chi connectivity index (χ0v) is 15.0. The predicted molar refractivity (Wildman–Crippen MR) is 98.5 cm³/mol. The molecule has 4 atom stereocenters. The van der Waals surface area contributed by atoms with Crippen LogP contribution in [0.25, 0.3) is 0 Å². The third kappa shape index (κ3) is 3.31. The number of benzene rings is 1. The van der Waals surface area contributed by atoms with Gasteiger partial charge >= 0.3 is 0 Å². The Morgan fingerprint density at radius 1 is 1.16 bits per heavy atom. The van der Waals surface area contributed by atoms with E-state index in [1.165, 1.54) is 25.7 Å². The van der Waals surface area contributed by atoms with E-state index in [1.54, 1.807) is 0 Å². The van der Waals surface area contributed by atoms with Gasteiger partial charge in [-0.1, -0.05) is 6.42 Å². The fourth-order valence-electron chi connectivity index (χ4n) is 5.18. The van der Waals surface area contributed by atoms with E-state index in [0.717, 1.165) is 36.9 Å². The van der Waals surface area contributed by atoms with Crippen molar-refractivity contribution in [3.63, 3.8) is 0 Å². The fraction of sp³-hybridized carbons (Fsp3) is 0.619. The molecule has 1 aromatic carbocycles. The highest BCUT2D eigenvalue weighted by atomic mass is 16.2. The minimum absolute atomic E-state index is 0.00629. The van der Waals surface area contributed by atoms with Crippen molar-refractivity contribution in [2.75, 3.05) is 11.4 Å². The average Bonchev–Trinajstić information content (AvgIpc) is 3.26. The summed E-state index contributed by atoms with van der Waals surface area (Å²) < 4.78 is 0. The van der Waals surface area contributed by atoms with Gasteiger partial charge in [-0.05, 0) is 81.0 Å². The lowest BCUT2D eigenvalue weighted by molar-refractivity contribution is -0.119. The lowest BCUT2D eigenvalue weighted by atomic mass is 9.84. The Hall–Kier alpha value is -1.84. The van der Waals surface area contributed by atoms with Crippen LogP contribution in [0.4, 0.5) is 5.69 Å². The van der Waals surface area contributed by atoms with Crippen molar-refractivity contribution >= 4 is 17.5 Å². The van der Waals surface area contributed by atoms with Crippen LogP contribution in [0.3, 0.4) is 0 Å². The average molecular weight is 340 g/mol. The molecule has 0 aromatic heterocycles. The first-order valence-corrected chi connectivity index (χ1v) is 9.83. The fourth-order valence-corrected chi connectivity index (χ4v) is 5.18. The summed E-state index contributed by atoms with van der Waals surface area (Å²) in [5, 5.41) is 3.21. The third-order valence-electron chi connectivity index (χ3n) is 6.56. The molecule has 2 amide bonds. The van der Waals surface area contributed by atoms with Crippen LogP contribution in [0.1, 0.15) is 62.2 Å². The first-order valence-electron chi connectivity index (χ1n) is 9.83. The van der Waals surface area contributed by atoms with Gasteiger partial charge in [0.2, 0.25) is 5.91 Å². The summed E-state index contributed by atoms with van der Waals surface area (Å²) in [4.78, 5) is 26.4. The van der Waals surface area contributed by atoms with Crippen LogP contribution in [0.15, 0.2) is 24.3 Å². The van der Waals surface area contributed by atoms with Crippen LogP contribution >= 0.6 is 0 Å². The minimum Gasteiger partial charge on any atom is -0.349 e. The van der Waals surface area contributed by atoms with E-state index in [1.807, 2.05) is 29.2 Å². The normalized spacial score (nSPS) is 29.7. The van der Waals surface area contributed by atoms with Crippen molar-refractivity contribution < 1.29 is 9.59 Å². The van der Waals surface area contributed by atoms with E-state index < -0.39 is 0 Å². The maximum atomic E-state index is 12.6. The summed E-state index contributed by atoms with van der Waals surface area (Å²) in [7, 11) is 0. The standard InChI is InChI=1S/C21H28N2O2/c1-14(19-13-15-5-6-17(19)12-15)22-21(25)16-7-9-18(10-8-16)23-11-3-2-4-20(23)24/h7-10,14-15,17,19H,2-6,11-13H2,1H3,(H,22,25)/t14-,15+,17+,19+/m1/s1. The van der Waals surface area contributed by atoms with Gasteiger partial charge in [0.1, 0.15) is 0 Å². The second-order valence-electron chi connectivity index (χ2n) is 8.15. The molecule has 0 spiro atoms. The van der Waals surface area contributed by atoms with E-state index in [2.05, 4.69) is 12.2 Å². The monoisotopic (exact) mass is 340 g/mol. The molecule has 0 radical (unpaired) electrons. The number of hydrogen-bond donors (Lipinski definition) is 1. The number of rotatable bonds is 4. The summed E-state index contributed by atoms with van der Waals surface area (Å²) >= 11 is 0. The summed E-state index contributed by atoms with van der Waals surface area (Å²) in [5.41, 5.74) is 1.59. The molecule has 134 valence electrons. The van der Waals surface area contributed by atoms with Gasteiger partial charge in [0.25, 0.3) is 5.91 Å². The lowest BCUT2D eigenvalue weighted by Gasteiger charge is -2.29. The molecule has 4 rings (SSSR count). The largest absolute Gasteiger partial charge is 0.349 e. The van der Waals surface area contributed by atoms with Crippen molar-refractivity contribution in [3.8, 4) is 0 Å². The van der Waals surface area contributed by atoms with Crippen LogP contribution in [-0.2, 0) is 4.79 Å². The first kappa shape index (κ1) is 16.6. The molecule has 2 bridgehead atoms. The topological polar surface area (TPSA) is 49.4 Å². The van der Waals surface area contributed by atoms with Crippen LogP contribution in [0, 0.1) is 17.8 Å². The Bertz CT molecular complexity index is 654. The number of nitrogens with zero attached hydrogens (tertiary/aromatic N) is 1. The molecule has 2 aliphatic carbocycles. The van der Waals surface area contributed by atoms with Gasteiger partial charge in [-0.25, -0.2) is 0 Å². The highest BCUT2D eigenvalue weighted by molar-refractivity contribution is 5.97. The van der Waals surface area contributed by atoms with Crippen molar-refractivity contribution in [1.29, 1.82) is 0 Å². The van der Waals surface area contributed by atoms with Gasteiger partial charge in [-0.3, -0.25) is 9.59 Å². The predicted octanol–water partition coefficient (Wildman–Crippen LogP) is 3.76. The summed E-state index contributed by atoms with van der Waals surface area (Å²) in [6.07, 6.45) is 8.03. The molecule has 1 aliphatic heterocycles. The summed E-state index contributed by atoms with van der Waals surface area (Å²) in [6, 6.07) is 7.74. The van der Waals surface area contributed by atoms with Crippen LogP contribution in [0.2, 0.25) is 0 Å². The van der Waals surface area contributed by atoms with E-state index in [-0.39, 0.29) is 17.9 Å². The second-order valence-corrected chi connectivity index (χ2v) is 8.15. The van der Waals surface area contributed by atoms with Crippen molar-refractivity contribution in [2.45, 2.75) is 57.9 Å². The third-order valence-corrected chi connectivity index (χ3v) is 6.56. The van der Waals surface area contributed by atoms with Crippen molar-refractivity contribution in [1.82, 2.24) is 5.32 Å². The van der Waals surface area contributed by atoms with Gasteiger partial charge in [0.05, 0.1) is 0 Å². The maximum Gasteiger partial charge on any atom is 0.251 e. The molecule has 4 nitrogen and oxygen atoms in total. The van der Waals surface area contributed by atoms with E-state index >= 15 is 0 Å². The SMILES string of the molecule is C[C@@H](NC(=O)c1ccc(N2CCCCC2=O)cc1)[C@@H]1C[C@H]2CC[C@H]1C2. The van der Waals surface area contributed by atoms with Crippen LogP contribution in [0.5, 0.6) is 0 Å². The van der Waals surface area contributed by atoms with Gasteiger partial charge in [0, 0.05) is 30.3 Å². The first-order chi connectivity index (χ1) is 12.1. The number of anilines is 1. The summed E-state index contributed by atoms with van der Waals surface area (Å²) in [5.74, 6) is 2.55. The molecular formula is C21H28N2O2. The zero-order valence-electron chi connectivity index (χ0n) is 15.0. The maximum absolute atomic E-state index is 12.6. The Morgan fingerprint density at radius 3 is 2.60 bits per heavy atom. The second kappa shape index (κ2) is 6.81. The number of amides is 2. The van der Waals surface area contributed by atoms with Gasteiger partial charge in [-0.15, -0.1) is 0 Å². The number of carbonyl (C=O) groups excluding carboxylic acids is 2. The van der Waals surface area contributed by atoms with Gasteiger partial charge in [-0.2, -0.15) is 0 Å². The molecule has 3 fully saturated rings. The van der Waals surface area contributed by atoms with E-state index in [4.69, 9.17) is 0 Å². The zero-order chi connectivity index (χ0) is 17.4. The number of carbonyl (C=O) groups is 2.